The maximum atomic E-state index is 11.6. The first-order valence-corrected chi connectivity index (χ1v) is 12.7. The van der Waals surface area contributed by atoms with Crippen LogP contribution in [0.3, 0.4) is 0 Å². The number of hydrogen-bond acceptors (Lipinski definition) is 6. The average molecular weight is 518 g/mol. The Labute approximate surface area is 186 Å². The molecule has 1 unspecified atom stereocenters. The predicted molar refractivity (Wildman–Crippen MR) is 112 cm³/mol. The van der Waals surface area contributed by atoms with Gasteiger partial charge in [-0.3, -0.25) is 4.79 Å². The second kappa shape index (κ2) is 14.5. The van der Waals surface area contributed by atoms with Crippen molar-refractivity contribution in [1.82, 2.24) is 5.32 Å². The van der Waals surface area contributed by atoms with E-state index in [9.17, 15) is 26.2 Å². The van der Waals surface area contributed by atoms with E-state index in [0.29, 0.717) is 6.54 Å². The van der Waals surface area contributed by atoms with Gasteiger partial charge in [-0.2, -0.15) is 8.78 Å². The third-order valence-corrected chi connectivity index (χ3v) is 6.34. The summed E-state index contributed by atoms with van der Waals surface area (Å²) in [5.74, 6) is -0.655. The van der Waals surface area contributed by atoms with E-state index in [4.69, 9.17) is 5.26 Å². The number of halogens is 2. The first-order valence-electron chi connectivity index (χ1n) is 9.39. The van der Waals surface area contributed by atoms with Crippen LogP contribution in [0.5, 0.6) is 0 Å². The molecule has 0 heterocycles. The number of amides is 2. The van der Waals surface area contributed by atoms with Gasteiger partial charge in [-0.1, -0.05) is 30.3 Å². The van der Waals surface area contributed by atoms with Crippen molar-refractivity contribution in [1.29, 1.82) is 0 Å². The maximum absolute atomic E-state index is 11.6. The third-order valence-electron chi connectivity index (χ3n) is 3.78. The zero-order chi connectivity index (χ0) is 24.0. The van der Waals surface area contributed by atoms with Gasteiger partial charge in [-0.25, -0.2) is 0 Å². The molecule has 32 heavy (non-hydrogen) atoms. The Morgan fingerprint density at radius 2 is 1.72 bits per heavy atom. The van der Waals surface area contributed by atoms with Crippen LogP contribution < -0.4 is 15.0 Å². The summed E-state index contributed by atoms with van der Waals surface area (Å²) in [5.41, 5.74) is 1.28. The third kappa shape index (κ3) is 11.2. The quantitative estimate of drug-likeness (QED) is 0.214. The molecule has 0 aliphatic rings. The summed E-state index contributed by atoms with van der Waals surface area (Å²) >= 11 is -4.92. The molecule has 0 spiro atoms. The molecule has 4 N–H and O–H groups in total. The van der Waals surface area contributed by atoms with E-state index >= 15 is 0 Å². The number of benzene rings is 2. The fraction of sp³-hybridized carbons (Fsp3) is 0.300. The van der Waals surface area contributed by atoms with Gasteiger partial charge in [-0.05, 0) is 12.0 Å². The predicted octanol–water partition coefficient (Wildman–Crippen LogP) is 1.68. The van der Waals surface area contributed by atoms with Gasteiger partial charge in [0.1, 0.15) is 0 Å². The molecule has 0 aromatic heterocycles. The maximum Gasteiger partial charge on any atom is 0.345 e. The standard InChI is InChI=1S/C12H15F2NO2.C8H10AsNO5/c13-12(14)17-9-7-11(16)15-8-6-10-4-2-1-3-5-10;1-6(11)10-8-5-3-2-4-7(8)9(12,13)15-14/h1-5,12H,6-9H2,(H,15,16);2-5,14H,1H3,(H,10,11)(H,12,13). The molecule has 2 rings (SSSR count). The molecule has 176 valence electrons. The summed E-state index contributed by atoms with van der Waals surface area (Å²) in [6, 6.07) is 15.5. The normalized spacial score (nSPS) is 12.3. The number of para-hydroxylation sites is 1. The molecule has 0 bridgehead atoms. The molecule has 0 saturated carbocycles. The van der Waals surface area contributed by atoms with Crippen LogP contribution in [0.25, 0.3) is 0 Å². The fourth-order valence-electron chi connectivity index (χ4n) is 2.38. The molecule has 0 aliphatic heterocycles. The summed E-state index contributed by atoms with van der Waals surface area (Å²) in [7, 11) is 0. The zero-order valence-electron chi connectivity index (χ0n) is 17.2. The van der Waals surface area contributed by atoms with Crippen LogP contribution in [-0.4, -0.2) is 55.1 Å². The van der Waals surface area contributed by atoms with Gasteiger partial charge in [0.2, 0.25) is 5.91 Å². The largest absolute Gasteiger partial charge is 0.356 e. The number of hydrogen-bond donors (Lipinski definition) is 4. The van der Waals surface area contributed by atoms with Gasteiger partial charge in [0.15, 0.2) is 0 Å². The molecule has 2 amide bonds. The van der Waals surface area contributed by atoms with Crippen molar-refractivity contribution in [3.63, 3.8) is 0 Å². The zero-order valence-corrected chi connectivity index (χ0v) is 19.1. The Bertz CT molecular complexity index is 901. The van der Waals surface area contributed by atoms with Gasteiger partial charge < -0.3 is 10.1 Å². The Morgan fingerprint density at radius 1 is 1.09 bits per heavy atom. The topological polar surface area (TPSA) is 134 Å². The van der Waals surface area contributed by atoms with Crippen LogP contribution in [0.1, 0.15) is 18.9 Å². The molecular weight excluding hydrogens is 493 g/mol. The molecular formula is C20H25AsF2N2O7. The van der Waals surface area contributed by atoms with Crippen molar-refractivity contribution in [2.45, 2.75) is 26.4 Å². The van der Waals surface area contributed by atoms with E-state index < -0.39 is 20.8 Å². The van der Waals surface area contributed by atoms with Crippen LogP contribution in [0, 0.1) is 0 Å². The summed E-state index contributed by atoms with van der Waals surface area (Å²) < 4.78 is 51.3. The monoisotopic (exact) mass is 518 g/mol. The van der Waals surface area contributed by atoms with Crippen molar-refractivity contribution in [2.75, 3.05) is 18.5 Å². The minimum Gasteiger partial charge on any atom is -0.356 e. The van der Waals surface area contributed by atoms with Crippen LogP contribution in [0.15, 0.2) is 54.6 Å². The van der Waals surface area contributed by atoms with Crippen LogP contribution in [0.4, 0.5) is 14.5 Å². The first kappa shape index (κ1) is 27.5. The molecule has 0 aliphatic carbocycles. The van der Waals surface area contributed by atoms with Crippen molar-refractivity contribution in [3.05, 3.63) is 60.2 Å². The summed E-state index contributed by atoms with van der Waals surface area (Å²) in [6.07, 6.45) is 0.682. The van der Waals surface area contributed by atoms with Gasteiger partial charge >= 0.3 is 95.0 Å². The molecule has 9 nitrogen and oxygen atoms in total. The summed E-state index contributed by atoms with van der Waals surface area (Å²) in [4.78, 5) is 22.0. The molecule has 0 fully saturated rings. The van der Waals surface area contributed by atoms with Crippen LogP contribution >= 0.6 is 0 Å². The Balaban J connectivity index is 0.000000323. The molecule has 12 heteroatoms. The first-order chi connectivity index (χ1) is 15.2. The molecule has 0 saturated heterocycles. The van der Waals surface area contributed by atoms with E-state index in [0.717, 1.165) is 12.0 Å². The molecule has 1 atom stereocenters. The Morgan fingerprint density at radius 3 is 2.31 bits per heavy atom. The minimum absolute atomic E-state index is 0.0425. The Kier molecular flexibility index (Phi) is 12.4. The number of nitrogens with one attached hydrogen (secondary N) is 2. The van der Waals surface area contributed by atoms with Crippen molar-refractivity contribution < 1.29 is 40.1 Å². The molecule has 2 aromatic carbocycles. The SMILES string of the molecule is CC(=O)Nc1ccccc1[As](=O)(O)OO.O=C(CCOC(F)F)NCCc1ccccc1. The number of carbonyl (C=O) groups is 2. The number of anilines is 1. The fourth-order valence-corrected chi connectivity index (χ4v) is 4.05. The van der Waals surface area contributed by atoms with Crippen LogP contribution in [0.2, 0.25) is 0 Å². The van der Waals surface area contributed by atoms with E-state index in [1.807, 2.05) is 30.3 Å². The van der Waals surface area contributed by atoms with E-state index in [1.54, 1.807) is 6.07 Å². The van der Waals surface area contributed by atoms with Gasteiger partial charge in [0.05, 0.1) is 13.0 Å². The van der Waals surface area contributed by atoms with E-state index in [2.05, 4.69) is 19.2 Å². The minimum atomic E-state index is -4.92. The number of alkyl halides is 2. The van der Waals surface area contributed by atoms with E-state index in [-0.39, 0.29) is 34.9 Å². The van der Waals surface area contributed by atoms with Crippen molar-refractivity contribution in [3.8, 4) is 0 Å². The Hall–Kier alpha value is -2.56. The molecule has 2 aromatic rings. The van der Waals surface area contributed by atoms with Crippen molar-refractivity contribution >= 4 is 36.0 Å². The second-order valence-electron chi connectivity index (χ2n) is 6.27. The van der Waals surface area contributed by atoms with Gasteiger partial charge in [0.25, 0.3) is 0 Å². The summed E-state index contributed by atoms with van der Waals surface area (Å²) in [5, 5.41) is 13.3. The second-order valence-corrected chi connectivity index (χ2v) is 9.80. The van der Waals surface area contributed by atoms with Gasteiger partial charge in [0, 0.05) is 6.54 Å². The van der Waals surface area contributed by atoms with Crippen molar-refractivity contribution in [2.24, 2.45) is 0 Å². The number of rotatable bonds is 10. The average Bonchev–Trinajstić information content (AvgIpc) is 2.74. The smallest absolute Gasteiger partial charge is 0.345 e. The number of carbonyl (C=O) groups excluding carboxylic acids is 2. The van der Waals surface area contributed by atoms with Crippen LogP contribution in [-0.2, 0) is 28.4 Å². The van der Waals surface area contributed by atoms with Gasteiger partial charge in [-0.15, -0.1) is 0 Å². The summed E-state index contributed by atoms with van der Waals surface area (Å²) in [6.45, 7) is -1.30. The number of ether oxygens (including phenoxy) is 1. The molecule has 0 radical (unpaired) electrons. The van der Waals surface area contributed by atoms with E-state index in [1.165, 1.54) is 25.1 Å².